The molecule has 0 fully saturated rings. The maximum Gasteiger partial charge on any atom is 0.349 e. The maximum absolute atomic E-state index is 12.8. The van der Waals surface area contributed by atoms with E-state index < -0.39 is 18.0 Å². The number of hydrogen-bond acceptors (Lipinski definition) is 6. The van der Waals surface area contributed by atoms with Crippen molar-refractivity contribution >= 4 is 29.0 Å². The van der Waals surface area contributed by atoms with E-state index in [4.69, 9.17) is 9.26 Å². The third-order valence-electron chi connectivity index (χ3n) is 3.99. The number of carbonyl (C=O) groups excluding carboxylic acids is 2. The van der Waals surface area contributed by atoms with Crippen LogP contribution in [0.4, 0.5) is 5.82 Å². The monoisotopic (exact) mass is 384 g/mol. The van der Waals surface area contributed by atoms with E-state index >= 15 is 0 Å². The molecular weight excluding hydrogens is 364 g/mol. The van der Waals surface area contributed by atoms with Crippen molar-refractivity contribution in [3.8, 4) is 0 Å². The number of hydrogen-bond donors (Lipinski definition) is 1. The molecule has 0 bridgehead atoms. The van der Waals surface area contributed by atoms with Crippen molar-refractivity contribution in [2.45, 2.75) is 33.3 Å². The van der Waals surface area contributed by atoms with Crippen LogP contribution < -0.4 is 5.32 Å². The minimum atomic E-state index is -1.09. The van der Waals surface area contributed by atoms with Gasteiger partial charge in [-0.1, -0.05) is 42.4 Å². The van der Waals surface area contributed by atoms with Crippen molar-refractivity contribution in [3.63, 3.8) is 0 Å². The number of ether oxygens (including phenoxy) is 1. The molecule has 0 radical (unpaired) electrons. The number of nitrogens with zero attached hydrogens (tertiary/aromatic N) is 1. The number of esters is 1. The first-order valence-corrected chi connectivity index (χ1v) is 9.39. The highest BCUT2D eigenvalue weighted by Crippen LogP contribution is 2.26. The standard InChI is InChI=1S/C20H20N2O4S/c1-4-15-12(2)10-16(27-15)20(24)25-18(14-8-6-5-7-9-14)19(23)21-17-11-13(3)26-22-17/h5-11,18H,4H2,1-3H3,(H,21,22,23). The van der Waals surface area contributed by atoms with Crippen molar-refractivity contribution in [2.24, 2.45) is 0 Å². The van der Waals surface area contributed by atoms with E-state index in [0.717, 1.165) is 16.9 Å². The largest absolute Gasteiger partial charge is 0.443 e. The Morgan fingerprint density at radius 1 is 1.22 bits per heavy atom. The Balaban J connectivity index is 1.83. The van der Waals surface area contributed by atoms with E-state index in [2.05, 4.69) is 10.5 Å². The normalized spacial score (nSPS) is 11.8. The van der Waals surface area contributed by atoms with Crippen LogP contribution in [0.5, 0.6) is 0 Å². The number of carbonyl (C=O) groups is 2. The lowest BCUT2D eigenvalue weighted by Gasteiger charge is -2.16. The number of aryl methyl sites for hydroxylation is 3. The van der Waals surface area contributed by atoms with Crippen LogP contribution >= 0.6 is 11.3 Å². The van der Waals surface area contributed by atoms with Crippen molar-refractivity contribution in [3.05, 3.63) is 69.1 Å². The molecule has 3 aromatic rings. The molecule has 0 aliphatic rings. The van der Waals surface area contributed by atoms with Gasteiger partial charge >= 0.3 is 5.97 Å². The average Bonchev–Trinajstić information content (AvgIpc) is 3.25. The van der Waals surface area contributed by atoms with Crippen LogP contribution in [0.2, 0.25) is 0 Å². The van der Waals surface area contributed by atoms with Crippen molar-refractivity contribution in [1.82, 2.24) is 5.16 Å². The Hall–Kier alpha value is -2.93. The fourth-order valence-corrected chi connectivity index (χ4v) is 3.65. The van der Waals surface area contributed by atoms with Gasteiger partial charge in [-0.3, -0.25) is 4.79 Å². The summed E-state index contributed by atoms with van der Waals surface area (Å²) in [5.74, 6) is -0.176. The molecule has 1 amide bonds. The summed E-state index contributed by atoms with van der Waals surface area (Å²) in [5, 5.41) is 6.38. The summed E-state index contributed by atoms with van der Waals surface area (Å²) in [5.41, 5.74) is 1.63. The molecule has 0 aliphatic carbocycles. The molecule has 27 heavy (non-hydrogen) atoms. The van der Waals surface area contributed by atoms with Gasteiger partial charge in [0.25, 0.3) is 5.91 Å². The zero-order valence-electron chi connectivity index (χ0n) is 15.3. The van der Waals surface area contributed by atoms with Gasteiger partial charge in [-0.2, -0.15) is 0 Å². The summed E-state index contributed by atoms with van der Waals surface area (Å²) in [6.45, 7) is 5.72. The number of aromatic nitrogens is 1. The average molecular weight is 384 g/mol. The summed E-state index contributed by atoms with van der Waals surface area (Å²) in [6.07, 6.45) is -0.249. The van der Waals surface area contributed by atoms with E-state index in [9.17, 15) is 9.59 Å². The van der Waals surface area contributed by atoms with Crippen LogP contribution in [-0.4, -0.2) is 17.0 Å². The molecule has 0 aliphatic heterocycles. The molecule has 1 unspecified atom stereocenters. The first-order chi connectivity index (χ1) is 13.0. The lowest BCUT2D eigenvalue weighted by atomic mass is 10.1. The predicted octanol–water partition coefficient (Wildman–Crippen LogP) is 4.45. The van der Waals surface area contributed by atoms with Gasteiger partial charge in [-0.15, -0.1) is 11.3 Å². The number of nitrogens with one attached hydrogen (secondary N) is 1. The van der Waals surface area contributed by atoms with Gasteiger partial charge in [-0.05, 0) is 31.9 Å². The summed E-state index contributed by atoms with van der Waals surface area (Å²) < 4.78 is 10.5. The SMILES string of the molecule is CCc1sc(C(=O)OC(C(=O)Nc2cc(C)on2)c2ccccc2)cc1C. The molecule has 0 spiro atoms. The summed E-state index contributed by atoms with van der Waals surface area (Å²) >= 11 is 1.39. The summed E-state index contributed by atoms with van der Waals surface area (Å²) in [7, 11) is 0. The van der Waals surface area contributed by atoms with Gasteiger partial charge in [0.2, 0.25) is 6.10 Å². The molecule has 2 aromatic heterocycles. The lowest BCUT2D eigenvalue weighted by Crippen LogP contribution is -2.25. The minimum absolute atomic E-state index is 0.273. The highest BCUT2D eigenvalue weighted by molar-refractivity contribution is 7.14. The van der Waals surface area contributed by atoms with Crippen LogP contribution in [-0.2, 0) is 16.0 Å². The first-order valence-electron chi connectivity index (χ1n) is 8.57. The van der Waals surface area contributed by atoms with Gasteiger partial charge in [0.15, 0.2) is 5.82 Å². The second-order valence-corrected chi connectivity index (χ2v) is 7.22. The number of rotatable bonds is 6. The van der Waals surface area contributed by atoms with E-state index in [-0.39, 0.29) is 5.82 Å². The number of benzene rings is 1. The molecule has 140 valence electrons. The number of thiophene rings is 1. The number of anilines is 1. The number of amides is 1. The second kappa shape index (κ2) is 8.18. The zero-order chi connectivity index (χ0) is 19.4. The Labute approximate surface area is 161 Å². The minimum Gasteiger partial charge on any atom is -0.443 e. The highest BCUT2D eigenvalue weighted by Gasteiger charge is 2.27. The van der Waals surface area contributed by atoms with Gasteiger partial charge in [-0.25, -0.2) is 4.79 Å². The predicted molar refractivity (Wildman–Crippen MR) is 103 cm³/mol. The molecule has 2 heterocycles. The highest BCUT2D eigenvalue weighted by atomic mass is 32.1. The topological polar surface area (TPSA) is 81.4 Å². The molecule has 1 N–H and O–H groups in total. The second-order valence-electron chi connectivity index (χ2n) is 6.08. The quantitative estimate of drug-likeness (QED) is 0.635. The van der Waals surface area contributed by atoms with Crippen LogP contribution in [0.15, 0.2) is 47.0 Å². The van der Waals surface area contributed by atoms with Gasteiger partial charge in [0, 0.05) is 16.5 Å². The van der Waals surface area contributed by atoms with Gasteiger partial charge < -0.3 is 14.6 Å². The van der Waals surface area contributed by atoms with E-state index in [1.165, 1.54) is 11.3 Å². The van der Waals surface area contributed by atoms with Crippen LogP contribution in [0.3, 0.4) is 0 Å². The zero-order valence-corrected chi connectivity index (χ0v) is 16.1. The molecular formula is C20H20N2O4S. The molecule has 1 aromatic carbocycles. The van der Waals surface area contributed by atoms with Crippen molar-refractivity contribution < 1.29 is 18.8 Å². The summed E-state index contributed by atoms with van der Waals surface area (Å²) in [4.78, 5) is 27.0. The Bertz CT molecular complexity index is 946. The smallest absolute Gasteiger partial charge is 0.349 e. The molecule has 7 heteroatoms. The van der Waals surface area contributed by atoms with Crippen molar-refractivity contribution in [1.29, 1.82) is 0 Å². The summed E-state index contributed by atoms with van der Waals surface area (Å²) in [6, 6.07) is 12.3. The Morgan fingerprint density at radius 2 is 1.96 bits per heavy atom. The van der Waals surface area contributed by atoms with E-state index in [0.29, 0.717) is 16.2 Å². The lowest BCUT2D eigenvalue weighted by molar-refractivity contribution is -0.125. The molecule has 6 nitrogen and oxygen atoms in total. The Kier molecular flexibility index (Phi) is 5.71. The van der Waals surface area contributed by atoms with Gasteiger partial charge in [0.05, 0.1) is 0 Å². The van der Waals surface area contributed by atoms with Crippen LogP contribution in [0.1, 0.15) is 44.5 Å². The maximum atomic E-state index is 12.8. The molecule has 1 atom stereocenters. The van der Waals surface area contributed by atoms with Crippen LogP contribution in [0.25, 0.3) is 0 Å². The third-order valence-corrected chi connectivity index (χ3v) is 5.35. The van der Waals surface area contributed by atoms with E-state index in [1.807, 2.05) is 19.9 Å². The molecule has 3 rings (SSSR count). The van der Waals surface area contributed by atoms with Crippen molar-refractivity contribution in [2.75, 3.05) is 5.32 Å². The first kappa shape index (κ1) is 18.8. The fourth-order valence-electron chi connectivity index (χ4n) is 2.65. The Morgan fingerprint density at radius 3 is 2.56 bits per heavy atom. The van der Waals surface area contributed by atoms with Gasteiger partial charge in [0.1, 0.15) is 10.6 Å². The van der Waals surface area contributed by atoms with Crippen LogP contribution in [0, 0.1) is 13.8 Å². The third kappa shape index (κ3) is 4.43. The molecule has 0 saturated heterocycles. The fraction of sp³-hybridized carbons (Fsp3) is 0.250. The van der Waals surface area contributed by atoms with E-state index in [1.54, 1.807) is 43.3 Å². The molecule has 0 saturated carbocycles.